The third-order valence-electron chi connectivity index (χ3n) is 5.82. The lowest BCUT2D eigenvalue weighted by molar-refractivity contribution is -0.110. The van der Waals surface area contributed by atoms with Gasteiger partial charge in [-0.2, -0.15) is 13.2 Å². The lowest BCUT2D eigenvalue weighted by atomic mass is 9.67. The highest BCUT2D eigenvalue weighted by molar-refractivity contribution is 5.27. The lowest BCUT2D eigenvalue weighted by Gasteiger charge is -2.42. The van der Waals surface area contributed by atoms with Gasteiger partial charge in [-0.05, 0) is 56.7 Å². The highest BCUT2D eigenvalue weighted by atomic mass is 19.4. The van der Waals surface area contributed by atoms with Gasteiger partial charge in [0.1, 0.15) is 0 Å². The van der Waals surface area contributed by atoms with Gasteiger partial charge < -0.3 is 4.90 Å². The molecule has 0 amide bonds. The van der Waals surface area contributed by atoms with Crippen molar-refractivity contribution in [3.63, 3.8) is 0 Å². The lowest BCUT2D eigenvalue weighted by Crippen LogP contribution is -2.39. The topological polar surface area (TPSA) is 3.24 Å². The van der Waals surface area contributed by atoms with Crippen molar-refractivity contribution < 1.29 is 13.2 Å². The van der Waals surface area contributed by atoms with Crippen LogP contribution in [0.1, 0.15) is 89.7 Å². The van der Waals surface area contributed by atoms with Crippen LogP contribution in [0.5, 0.6) is 0 Å². The minimum Gasteiger partial charge on any atom is -0.303 e. The molecule has 1 aliphatic heterocycles. The zero-order valence-corrected chi connectivity index (χ0v) is 18.5. The Kier molecular flexibility index (Phi) is 10.6. The Hall–Kier alpha value is -1.03. The van der Waals surface area contributed by atoms with Crippen LogP contribution in [0.25, 0.3) is 0 Å². The maximum absolute atomic E-state index is 10.4. The summed E-state index contributed by atoms with van der Waals surface area (Å²) in [6.45, 7) is 13.5. The molecule has 0 bridgehead atoms. The number of hydrogen-bond donors (Lipinski definition) is 0. The van der Waals surface area contributed by atoms with Gasteiger partial charge in [-0.25, -0.2) is 0 Å². The molecular weight excluding hydrogens is 359 g/mol. The third-order valence-corrected chi connectivity index (χ3v) is 5.82. The number of likely N-dealkylation sites (tertiary alicyclic amines) is 1. The molecule has 1 atom stereocenters. The first kappa shape index (κ1) is 25.0. The summed E-state index contributed by atoms with van der Waals surface area (Å²) in [4.78, 5) is 2.74. The van der Waals surface area contributed by atoms with Gasteiger partial charge in [-0.1, -0.05) is 69.9 Å². The zero-order valence-electron chi connectivity index (χ0n) is 18.5. The second-order valence-electron chi connectivity index (χ2n) is 8.76. The predicted octanol–water partition coefficient (Wildman–Crippen LogP) is 7.74. The Bertz CT molecular complexity index is 535. The van der Waals surface area contributed by atoms with Gasteiger partial charge in [-0.3, -0.25) is 0 Å². The average Bonchev–Trinajstić information content (AvgIpc) is 2.59. The summed E-state index contributed by atoms with van der Waals surface area (Å²) in [7, 11) is 0. The Morgan fingerprint density at radius 3 is 1.96 bits per heavy atom. The summed E-state index contributed by atoms with van der Waals surface area (Å²) >= 11 is 0. The van der Waals surface area contributed by atoms with Crippen molar-refractivity contribution in [1.29, 1.82) is 0 Å². The number of piperidine rings is 1. The van der Waals surface area contributed by atoms with Crippen molar-refractivity contribution in [2.75, 3.05) is 19.6 Å². The molecular formula is C24H40F3N. The highest BCUT2D eigenvalue weighted by Gasteiger charge is 2.35. The van der Waals surface area contributed by atoms with Gasteiger partial charge >= 0.3 is 6.18 Å². The molecule has 0 saturated carbocycles. The maximum atomic E-state index is 10.4. The molecule has 0 radical (unpaired) electrons. The van der Waals surface area contributed by atoms with E-state index in [4.69, 9.17) is 0 Å². The monoisotopic (exact) mass is 399 g/mol. The fraction of sp³-hybridized carbons (Fsp3) is 0.750. The number of hydrogen-bond acceptors (Lipinski definition) is 1. The van der Waals surface area contributed by atoms with E-state index in [2.05, 4.69) is 56.9 Å². The molecule has 1 fully saturated rings. The molecule has 2 rings (SSSR count). The molecule has 1 saturated heterocycles. The first-order chi connectivity index (χ1) is 13.1. The van der Waals surface area contributed by atoms with E-state index in [-0.39, 0.29) is 6.92 Å². The molecule has 162 valence electrons. The standard InChI is InChI=1S/C22H37N.C2H3F3/c1-5-13-22(4,14-6-2)21(18-23-15-8-7-9-16-23)20-12-10-11-19(3)17-20;1-2(3,4)5/h10-12,17,21H,5-9,13-16,18H2,1-4H3;1H3. The molecule has 0 N–H and O–H groups in total. The number of nitrogens with zero attached hydrogens (tertiary/aromatic N) is 1. The van der Waals surface area contributed by atoms with Crippen LogP contribution >= 0.6 is 0 Å². The molecule has 0 aromatic heterocycles. The second kappa shape index (κ2) is 11.8. The third kappa shape index (κ3) is 9.45. The van der Waals surface area contributed by atoms with Crippen molar-refractivity contribution in [3.8, 4) is 0 Å². The van der Waals surface area contributed by atoms with Crippen LogP contribution < -0.4 is 0 Å². The molecule has 1 aliphatic rings. The van der Waals surface area contributed by atoms with E-state index in [1.807, 2.05) is 0 Å². The molecule has 1 aromatic carbocycles. The van der Waals surface area contributed by atoms with Crippen molar-refractivity contribution in [3.05, 3.63) is 35.4 Å². The van der Waals surface area contributed by atoms with Gasteiger partial charge in [-0.15, -0.1) is 0 Å². The Morgan fingerprint density at radius 1 is 0.964 bits per heavy atom. The molecule has 4 heteroatoms. The van der Waals surface area contributed by atoms with Crippen molar-refractivity contribution in [2.24, 2.45) is 5.41 Å². The molecule has 0 aliphatic carbocycles. The largest absolute Gasteiger partial charge is 0.386 e. The number of aryl methyl sites for hydroxylation is 1. The van der Waals surface area contributed by atoms with Gasteiger partial charge in [0, 0.05) is 19.4 Å². The van der Waals surface area contributed by atoms with Crippen LogP contribution in [0.2, 0.25) is 0 Å². The van der Waals surface area contributed by atoms with E-state index < -0.39 is 6.18 Å². The summed E-state index contributed by atoms with van der Waals surface area (Å²) in [5.74, 6) is 0.667. The number of halogens is 3. The van der Waals surface area contributed by atoms with Gasteiger partial charge in [0.25, 0.3) is 0 Å². The van der Waals surface area contributed by atoms with E-state index in [0.717, 1.165) is 0 Å². The van der Waals surface area contributed by atoms with Crippen molar-refractivity contribution in [1.82, 2.24) is 4.90 Å². The maximum Gasteiger partial charge on any atom is 0.386 e. The van der Waals surface area contributed by atoms with Crippen LogP contribution in [-0.2, 0) is 0 Å². The Balaban J connectivity index is 0.000000696. The van der Waals surface area contributed by atoms with Crippen molar-refractivity contribution in [2.45, 2.75) is 91.7 Å². The van der Waals surface area contributed by atoms with Crippen molar-refractivity contribution >= 4 is 0 Å². The predicted molar refractivity (Wildman–Crippen MR) is 114 cm³/mol. The zero-order chi connectivity index (χ0) is 21.2. The average molecular weight is 400 g/mol. The van der Waals surface area contributed by atoms with Gasteiger partial charge in [0.05, 0.1) is 0 Å². The van der Waals surface area contributed by atoms with Crippen LogP contribution in [0, 0.1) is 12.3 Å². The fourth-order valence-electron chi connectivity index (χ4n) is 4.63. The van der Waals surface area contributed by atoms with E-state index in [1.165, 1.54) is 70.1 Å². The molecule has 28 heavy (non-hydrogen) atoms. The van der Waals surface area contributed by atoms with Crippen LogP contribution in [-0.4, -0.2) is 30.7 Å². The quantitative estimate of drug-likeness (QED) is 0.432. The number of rotatable bonds is 8. The summed E-state index contributed by atoms with van der Waals surface area (Å²) in [5, 5.41) is 0. The summed E-state index contributed by atoms with van der Waals surface area (Å²) in [6.07, 6.45) is 5.46. The summed E-state index contributed by atoms with van der Waals surface area (Å²) in [5.41, 5.74) is 3.40. The minimum absolute atomic E-state index is 0.188. The van der Waals surface area contributed by atoms with Gasteiger partial charge in [0.15, 0.2) is 0 Å². The molecule has 1 nitrogen and oxygen atoms in total. The number of alkyl halides is 3. The summed E-state index contributed by atoms with van der Waals surface area (Å²) in [6, 6.07) is 9.31. The van der Waals surface area contributed by atoms with E-state index in [0.29, 0.717) is 11.3 Å². The van der Waals surface area contributed by atoms with E-state index in [9.17, 15) is 13.2 Å². The normalized spacial score (nSPS) is 17.0. The second-order valence-corrected chi connectivity index (χ2v) is 8.76. The fourth-order valence-corrected chi connectivity index (χ4v) is 4.63. The summed E-state index contributed by atoms with van der Waals surface area (Å²) < 4.78 is 31.1. The minimum atomic E-state index is -4.00. The molecule has 1 aromatic rings. The Morgan fingerprint density at radius 2 is 1.50 bits per heavy atom. The number of benzene rings is 1. The van der Waals surface area contributed by atoms with E-state index >= 15 is 0 Å². The first-order valence-electron chi connectivity index (χ1n) is 10.9. The van der Waals surface area contributed by atoms with Crippen LogP contribution in [0.3, 0.4) is 0 Å². The first-order valence-corrected chi connectivity index (χ1v) is 10.9. The Labute approximate surface area is 170 Å². The smallest absolute Gasteiger partial charge is 0.303 e. The molecule has 1 unspecified atom stereocenters. The van der Waals surface area contributed by atoms with E-state index in [1.54, 1.807) is 5.56 Å². The van der Waals surface area contributed by atoms with Crippen LogP contribution in [0.15, 0.2) is 24.3 Å². The van der Waals surface area contributed by atoms with Gasteiger partial charge in [0.2, 0.25) is 0 Å². The SMILES string of the molecule is CC(F)(F)F.CCCC(C)(CCC)C(CN1CCCCC1)c1cccc(C)c1. The molecule has 0 spiro atoms. The van der Waals surface area contributed by atoms with Crippen LogP contribution in [0.4, 0.5) is 13.2 Å². The highest BCUT2D eigenvalue weighted by Crippen LogP contribution is 2.44. The molecule has 1 heterocycles.